The minimum atomic E-state index is -4.18. The van der Waals surface area contributed by atoms with E-state index in [0.29, 0.717) is 11.5 Å². The van der Waals surface area contributed by atoms with Crippen molar-refractivity contribution in [3.05, 3.63) is 84.4 Å². The molecule has 218 valence electrons. The van der Waals surface area contributed by atoms with Gasteiger partial charge in [-0.2, -0.15) is 0 Å². The summed E-state index contributed by atoms with van der Waals surface area (Å²) in [5, 5.41) is 3.07. The third kappa shape index (κ3) is 7.18. The molecular formula is C31H37N3O6S. The number of hydrogen-bond donors (Lipinski definition) is 1. The van der Waals surface area contributed by atoms with Crippen LogP contribution in [0.5, 0.6) is 11.5 Å². The summed E-state index contributed by atoms with van der Waals surface area (Å²) >= 11 is 0. The highest BCUT2D eigenvalue weighted by atomic mass is 32.2. The Balaban J connectivity index is 1.71. The van der Waals surface area contributed by atoms with Crippen molar-refractivity contribution in [2.45, 2.75) is 56.1 Å². The molecule has 3 aromatic carbocycles. The van der Waals surface area contributed by atoms with E-state index in [4.69, 9.17) is 9.47 Å². The highest BCUT2D eigenvalue weighted by Gasteiger charge is 2.34. The van der Waals surface area contributed by atoms with E-state index >= 15 is 0 Å². The van der Waals surface area contributed by atoms with Crippen LogP contribution in [0.25, 0.3) is 0 Å². The molecule has 1 saturated carbocycles. The third-order valence-electron chi connectivity index (χ3n) is 7.32. The Morgan fingerprint density at radius 3 is 2.29 bits per heavy atom. The van der Waals surface area contributed by atoms with Crippen molar-refractivity contribution in [1.29, 1.82) is 0 Å². The predicted molar refractivity (Wildman–Crippen MR) is 157 cm³/mol. The number of ether oxygens (including phenoxy) is 2. The molecule has 4 rings (SSSR count). The number of rotatable bonds is 12. The van der Waals surface area contributed by atoms with Crippen molar-refractivity contribution in [3.8, 4) is 11.5 Å². The standard InChI is InChI=1S/C31H37N3O6S/c1-23(31(36)32-25-13-7-8-14-25)33(21-24-12-11-15-26(20-24)39-2)30(35)22-34(28-18-9-10-19-29(28)40-3)41(37,38)27-16-5-4-6-17-27/h4-6,9-12,15-20,23,25H,7-8,13-14,21-22H2,1-3H3,(H,32,36)/t23-/m0/s1. The smallest absolute Gasteiger partial charge is 0.264 e. The first-order valence-corrected chi connectivity index (χ1v) is 15.1. The summed E-state index contributed by atoms with van der Waals surface area (Å²) in [6, 6.07) is 21.0. The van der Waals surface area contributed by atoms with E-state index in [1.807, 2.05) is 6.07 Å². The average molecular weight is 580 g/mol. The summed E-state index contributed by atoms with van der Waals surface area (Å²) in [4.78, 5) is 28.9. The van der Waals surface area contributed by atoms with Crippen LogP contribution in [-0.4, -0.2) is 58.0 Å². The number of hydrogen-bond acceptors (Lipinski definition) is 6. The van der Waals surface area contributed by atoms with Gasteiger partial charge >= 0.3 is 0 Å². The van der Waals surface area contributed by atoms with Gasteiger partial charge in [0.1, 0.15) is 24.1 Å². The molecule has 3 aromatic rings. The monoisotopic (exact) mass is 579 g/mol. The molecule has 41 heavy (non-hydrogen) atoms. The van der Waals surface area contributed by atoms with Crippen LogP contribution in [0.15, 0.2) is 83.8 Å². The number of sulfonamides is 1. The zero-order chi connectivity index (χ0) is 29.4. The molecule has 1 fully saturated rings. The molecule has 1 atom stereocenters. The van der Waals surface area contributed by atoms with Crippen molar-refractivity contribution in [3.63, 3.8) is 0 Å². The molecule has 1 N–H and O–H groups in total. The topological polar surface area (TPSA) is 105 Å². The van der Waals surface area contributed by atoms with Gasteiger partial charge in [-0.05, 0) is 61.7 Å². The van der Waals surface area contributed by atoms with Gasteiger partial charge in [0, 0.05) is 12.6 Å². The number of nitrogens with one attached hydrogen (secondary N) is 1. The first kappa shape index (κ1) is 29.9. The van der Waals surface area contributed by atoms with Crippen molar-refractivity contribution in [2.24, 2.45) is 0 Å². The van der Waals surface area contributed by atoms with Crippen LogP contribution in [0, 0.1) is 0 Å². The van der Waals surface area contributed by atoms with Gasteiger partial charge in [-0.15, -0.1) is 0 Å². The quantitative estimate of drug-likeness (QED) is 0.342. The molecule has 0 aliphatic heterocycles. The van der Waals surface area contributed by atoms with Crippen LogP contribution < -0.4 is 19.1 Å². The van der Waals surface area contributed by atoms with Crippen molar-refractivity contribution in [2.75, 3.05) is 25.1 Å². The number of amides is 2. The van der Waals surface area contributed by atoms with E-state index in [0.717, 1.165) is 35.6 Å². The van der Waals surface area contributed by atoms with Gasteiger partial charge in [0.2, 0.25) is 11.8 Å². The lowest BCUT2D eigenvalue weighted by Gasteiger charge is -2.33. The first-order valence-electron chi connectivity index (χ1n) is 13.7. The number of carbonyl (C=O) groups is 2. The number of anilines is 1. The molecule has 2 amide bonds. The summed E-state index contributed by atoms with van der Waals surface area (Å²) in [6.45, 7) is 1.21. The van der Waals surface area contributed by atoms with Gasteiger partial charge in [0.15, 0.2) is 0 Å². The van der Waals surface area contributed by atoms with Gasteiger partial charge in [-0.25, -0.2) is 8.42 Å². The van der Waals surface area contributed by atoms with Crippen LogP contribution >= 0.6 is 0 Å². The number of nitrogens with zero attached hydrogens (tertiary/aromatic N) is 2. The molecule has 0 radical (unpaired) electrons. The SMILES string of the molecule is COc1cccc(CN(C(=O)CN(c2ccccc2OC)S(=O)(=O)c2ccccc2)[C@@H](C)C(=O)NC2CCCC2)c1. The van der Waals surface area contributed by atoms with E-state index in [1.54, 1.807) is 74.7 Å². The molecule has 0 heterocycles. The molecule has 0 spiro atoms. The maximum Gasteiger partial charge on any atom is 0.264 e. The summed E-state index contributed by atoms with van der Waals surface area (Å²) in [7, 11) is -1.18. The number of methoxy groups -OCH3 is 2. The Labute approximate surface area is 242 Å². The van der Waals surface area contributed by atoms with E-state index in [9.17, 15) is 18.0 Å². The largest absolute Gasteiger partial charge is 0.497 e. The Kier molecular flexibility index (Phi) is 9.88. The highest BCUT2D eigenvalue weighted by Crippen LogP contribution is 2.32. The summed E-state index contributed by atoms with van der Waals surface area (Å²) < 4.78 is 39.7. The normalized spacial score (nSPS) is 14.2. The van der Waals surface area contributed by atoms with Crippen LogP contribution in [0.3, 0.4) is 0 Å². The fourth-order valence-corrected chi connectivity index (χ4v) is 6.46. The van der Waals surface area contributed by atoms with E-state index < -0.39 is 28.5 Å². The second kappa shape index (κ2) is 13.5. The van der Waals surface area contributed by atoms with Crippen LogP contribution in [0.4, 0.5) is 5.69 Å². The summed E-state index contributed by atoms with van der Waals surface area (Å²) in [5.41, 5.74) is 0.963. The second-order valence-electron chi connectivity index (χ2n) is 10.0. The van der Waals surface area contributed by atoms with Gasteiger partial charge in [-0.3, -0.25) is 13.9 Å². The van der Waals surface area contributed by atoms with Crippen molar-refractivity contribution in [1.82, 2.24) is 10.2 Å². The molecule has 1 aliphatic rings. The Hall–Kier alpha value is -4.05. The predicted octanol–water partition coefficient (Wildman–Crippen LogP) is 4.38. The highest BCUT2D eigenvalue weighted by molar-refractivity contribution is 7.92. The lowest BCUT2D eigenvalue weighted by molar-refractivity contribution is -0.139. The van der Waals surface area contributed by atoms with Gasteiger partial charge in [-0.1, -0.05) is 55.3 Å². The number of benzene rings is 3. The fourth-order valence-electron chi connectivity index (χ4n) is 5.01. The number of para-hydroxylation sites is 2. The maximum absolute atomic E-state index is 14.1. The van der Waals surface area contributed by atoms with Crippen molar-refractivity contribution >= 4 is 27.5 Å². The fraction of sp³-hybridized carbons (Fsp3) is 0.355. The first-order chi connectivity index (χ1) is 19.7. The molecule has 1 aliphatic carbocycles. The molecule has 9 nitrogen and oxygen atoms in total. The van der Waals surface area contributed by atoms with Crippen molar-refractivity contribution < 1.29 is 27.5 Å². The van der Waals surface area contributed by atoms with E-state index in [2.05, 4.69) is 5.32 Å². The molecule has 0 aromatic heterocycles. The third-order valence-corrected chi connectivity index (χ3v) is 9.09. The van der Waals surface area contributed by atoms with Gasteiger partial charge in [0.05, 0.1) is 24.8 Å². The average Bonchev–Trinajstić information content (AvgIpc) is 3.51. The molecule has 10 heteroatoms. The van der Waals surface area contributed by atoms with Gasteiger partial charge in [0.25, 0.3) is 10.0 Å². The lowest BCUT2D eigenvalue weighted by Crippen LogP contribution is -2.52. The van der Waals surface area contributed by atoms with Gasteiger partial charge < -0.3 is 19.7 Å². The summed E-state index contributed by atoms with van der Waals surface area (Å²) in [6.07, 6.45) is 3.91. The van der Waals surface area contributed by atoms with E-state index in [1.165, 1.54) is 24.1 Å². The second-order valence-corrected chi connectivity index (χ2v) is 11.9. The minimum absolute atomic E-state index is 0.0325. The lowest BCUT2D eigenvalue weighted by atomic mass is 10.1. The molecule has 0 unspecified atom stereocenters. The summed E-state index contributed by atoms with van der Waals surface area (Å²) in [5.74, 6) is 0.0987. The number of carbonyl (C=O) groups excluding carboxylic acids is 2. The Morgan fingerprint density at radius 2 is 1.61 bits per heavy atom. The molecule has 0 saturated heterocycles. The minimum Gasteiger partial charge on any atom is -0.497 e. The van der Waals surface area contributed by atoms with Crippen LogP contribution in [0.1, 0.15) is 38.2 Å². The maximum atomic E-state index is 14.1. The zero-order valence-corrected chi connectivity index (χ0v) is 24.5. The molecular weight excluding hydrogens is 542 g/mol. The zero-order valence-electron chi connectivity index (χ0n) is 23.7. The van der Waals surface area contributed by atoms with Crippen LogP contribution in [0.2, 0.25) is 0 Å². The Bertz CT molecular complexity index is 1440. The van der Waals surface area contributed by atoms with Crippen LogP contribution in [-0.2, 0) is 26.2 Å². The molecule has 0 bridgehead atoms. The van der Waals surface area contributed by atoms with E-state index in [-0.39, 0.29) is 29.1 Å². The Morgan fingerprint density at radius 1 is 0.927 bits per heavy atom.